The molecule has 22 heavy (non-hydrogen) atoms. The second-order valence-electron chi connectivity index (χ2n) is 5.03. The number of nitrogens with one attached hydrogen (secondary N) is 2. The summed E-state index contributed by atoms with van der Waals surface area (Å²) in [6.45, 7) is 6.95. The van der Waals surface area contributed by atoms with Crippen molar-refractivity contribution >= 4 is 11.7 Å². The summed E-state index contributed by atoms with van der Waals surface area (Å²) < 4.78 is 7.19. The summed E-state index contributed by atoms with van der Waals surface area (Å²) in [6.07, 6.45) is 3.08. The number of ether oxygens (including phenoxy) is 1. The number of carbonyl (C=O) groups excluding carboxylic acids is 1. The summed E-state index contributed by atoms with van der Waals surface area (Å²) >= 11 is 0. The minimum atomic E-state index is -0.265. The molecule has 2 N–H and O–H groups in total. The fourth-order valence-corrected chi connectivity index (χ4v) is 2.03. The predicted octanol–water partition coefficient (Wildman–Crippen LogP) is 2.20. The Bertz CT molecular complexity index is 612. The van der Waals surface area contributed by atoms with E-state index in [1.54, 1.807) is 11.0 Å². The summed E-state index contributed by atoms with van der Waals surface area (Å²) in [5, 5.41) is 9.66. The van der Waals surface area contributed by atoms with Gasteiger partial charge in [-0.3, -0.25) is 4.68 Å². The van der Waals surface area contributed by atoms with Crippen LogP contribution in [0.2, 0.25) is 0 Å². The van der Waals surface area contributed by atoms with E-state index in [4.69, 9.17) is 4.74 Å². The van der Waals surface area contributed by atoms with Gasteiger partial charge in [0.1, 0.15) is 18.4 Å². The van der Waals surface area contributed by atoms with Crippen LogP contribution in [0.3, 0.4) is 0 Å². The van der Waals surface area contributed by atoms with Crippen LogP contribution in [0.5, 0.6) is 5.75 Å². The average molecular weight is 303 g/mol. The first kappa shape index (κ1) is 15.8. The number of hydrogen-bond donors (Lipinski definition) is 2. The van der Waals surface area contributed by atoms with E-state index in [1.807, 2.05) is 39.0 Å². The van der Waals surface area contributed by atoms with E-state index in [2.05, 4.69) is 20.7 Å². The zero-order valence-corrected chi connectivity index (χ0v) is 13.0. The number of benzene rings is 1. The molecule has 0 bridgehead atoms. The standard InChI is InChI=1S/C15H21N5O2/c1-4-22-14-7-13(6-5-11(14)2)19-15(21)18-12(3)8-20-10-16-9-17-20/h5-7,9-10,12H,4,8H2,1-3H3,(H2,18,19,21)/t12-/m1/s1. The molecule has 1 heterocycles. The third kappa shape index (κ3) is 4.47. The number of aromatic nitrogens is 3. The van der Waals surface area contributed by atoms with Crippen LogP contribution in [0.15, 0.2) is 30.9 Å². The van der Waals surface area contributed by atoms with Crippen LogP contribution in [0.4, 0.5) is 10.5 Å². The van der Waals surface area contributed by atoms with Gasteiger partial charge in [-0.05, 0) is 32.4 Å². The third-order valence-electron chi connectivity index (χ3n) is 3.05. The number of carbonyl (C=O) groups is 1. The van der Waals surface area contributed by atoms with E-state index in [0.717, 1.165) is 11.3 Å². The number of amides is 2. The summed E-state index contributed by atoms with van der Waals surface area (Å²) in [5.74, 6) is 0.774. The lowest BCUT2D eigenvalue weighted by Crippen LogP contribution is -2.38. The fraction of sp³-hybridized carbons (Fsp3) is 0.400. The Kier molecular flexibility index (Phi) is 5.35. The monoisotopic (exact) mass is 303 g/mol. The molecular weight excluding hydrogens is 282 g/mol. The normalized spacial score (nSPS) is 11.8. The highest BCUT2D eigenvalue weighted by molar-refractivity contribution is 5.89. The second kappa shape index (κ2) is 7.44. The molecular formula is C15H21N5O2. The van der Waals surface area contributed by atoms with Crippen molar-refractivity contribution in [2.45, 2.75) is 33.4 Å². The molecule has 0 unspecified atom stereocenters. The minimum Gasteiger partial charge on any atom is -0.494 e. The molecule has 1 aromatic heterocycles. The fourth-order valence-electron chi connectivity index (χ4n) is 2.03. The van der Waals surface area contributed by atoms with Crippen LogP contribution in [0.1, 0.15) is 19.4 Å². The highest BCUT2D eigenvalue weighted by Gasteiger charge is 2.09. The van der Waals surface area contributed by atoms with E-state index >= 15 is 0 Å². The summed E-state index contributed by atoms with van der Waals surface area (Å²) in [6, 6.07) is 5.25. The van der Waals surface area contributed by atoms with Crippen molar-refractivity contribution in [3.05, 3.63) is 36.4 Å². The van der Waals surface area contributed by atoms with Crippen LogP contribution in [0, 0.1) is 6.92 Å². The Balaban J connectivity index is 1.90. The molecule has 118 valence electrons. The molecule has 2 aromatic rings. The van der Waals surface area contributed by atoms with Gasteiger partial charge in [-0.2, -0.15) is 5.10 Å². The lowest BCUT2D eigenvalue weighted by molar-refractivity contribution is 0.247. The molecule has 0 saturated heterocycles. The lowest BCUT2D eigenvalue weighted by atomic mass is 10.2. The Hall–Kier alpha value is -2.57. The number of urea groups is 1. The molecule has 1 atom stereocenters. The molecule has 7 heteroatoms. The maximum absolute atomic E-state index is 12.0. The second-order valence-corrected chi connectivity index (χ2v) is 5.03. The first-order valence-corrected chi connectivity index (χ1v) is 7.22. The van der Waals surface area contributed by atoms with Gasteiger partial charge in [0.15, 0.2) is 0 Å². The van der Waals surface area contributed by atoms with Crippen molar-refractivity contribution in [1.29, 1.82) is 0 Å². The molecule has 0 fully saturated rings. The SMILES string of the molecule is CCOc1cc(NC(=O)N[C@H](C)Cn2cncn2)ccc1C. The van der Waals surface area contributed by atoms with Gasteiger partial charge >= 0.3 is 6.03 Å². The lowest BCUT2D eigenvalue weighted by Gasteiger charge is -2.15. The molecule has 0 radical (unpaired) electrons. The Labute approximate surface area is 129 Å². The third-order valence-corrected chi connectivity index (χ3v) is 3.05. The topological polar surface area (TPSA) is 81.1 Å². The van der Waals surface area contributed by atoms with Crippen molar-refractivity contribution in [2.75, 3.05) is 11.9 Å². The zero-order valence-electron chi connectivity index (χ0n) is 13.0. The van der Waals surface area contributed by atoms with E-state index in [-0.39, 0.29) is 12.1 Å². The number of aryl methyl sites for hydroxylation is 1. The number of anilines is 1. The van der Waals surface area contributed by atoms with Crippen LogP contribution >= 0.6 is 0 Å². The van der Waals surface area contributed by atoms with E-state index in [1.165, 1.54) is 6.33 Å². The van der Waals surface area contributed by atoms with E-state index in [9.17, 15) is 4.79 Å². The zero-order chi connectivity index (χ0) is 15.9. The van der Waals surface area contributed by atoms with Crippen molar-refractivity contribution < 1.29 is 9.53 Å². The number of nitrogens with zero attached hydrogens (tertiary/aromatic N) is 3. The molecule has 0 spiro atoms. The molecule has 7 nitrogen and oxygen atoms in total. The summed E-state index contributed by atoms with van der Waals surface area (Å²) in [5.41, 5.74) is 1.73. The molecule has 0 aliphatic rings. The van der Waals surface area contributed by atoms with Gasteiger partial charge in [-0.25, -0.2) is 9.78 Å². The number of hydrogen-bond acceptors (Lipinski definition) is 4. The Morgan fingerprint density at radius 3 is 2.95 bits per heavy atom. The predicted molar refractivity (Wildman–Crippen MR) is 84.0 cm³/mol. The van der Waals surface area contributed by atoms with E-state index in [0.29, 0.717) is 18.8 Å². The molecule has 0 aliphatic heterocycles. The van der Waals surface area contributed by atoms with Crippen LogP contribution in [0.25, 0.3) is 0 Å². The van der Waals surface area contributed by atoms with Gasteiger partial charge in [0.05, 0.1) is 13.2 Å². The first-order chi connectivity index (χ1) is 10.6. The molecule has 0 aliphatic carbocycles. The van der Waals surface area contributed by atoms with Gasteiger partial charge in [-0.15, -0.1) is 0 Å². The van der Waals surface area contributed by atoms with Crippen LogP contribution in [-0.2, 0) is 6.54 Å². The summed E-state index contributed by atoms with van der Waals surface area (Å²) in [4.78, 5) is 15.9. The van der Waals surface area contributed by atoms with E-state index < -0.39 is 0 Å². The van der Waals surface area contributed by atoms with Crippen molar-refractivity contribution in [3.63, 3.8) is 0 Å². The smallest absolute Gasteiger partial charge is 0.319 e. The Morgan fingerprint density at radius 1 is 1.45 bits per heavy atom. The maximum Gasteiger partial charge on any atom is 0.319 e. The average Bonchev–Trinajstić information content (AvgIpc) is 2.95. The van der Waals surface area contributed by atoms with Gasteiger partial charge < -0.3 is 15.4 Å². The molecule has 1 aromatic carbocycles. The molecule has 2 amide bonds. The highest BCUT2D eigenvalue weighted by atomic mass is 16.5. The van der Waals surface area contributed by atoms with Gasteiger partial charge in [0.2, 0.25) is 0 Å². The van der Waals surface area contributed by atoms with Gasteiger partial charge in [-0.1, -0.05) is 6.07 Å². The number of rotatable bonds is 6. The summed E-state index contributed by atoms with van der Waals surface area (Å²) in [7, 11) is 0. The molecule has 0 saturated carbocycles. The van der Waals surface area contributed by atoms with Crippen LogP contribution in [-0.4, -0.2) is 33.4 Å². The van der Waals surface area contributed by atoms with Crippen molar-refractivity contribution in [2.24, 2.45) is 0 Å². The van der Waals surface area contributed by atoms with Crippen LogP contribution < -0.4 is 15.4 Å². The van der Waals surface area contributed by atoms with Gasteiger partial charge in [0, 0.05) is 17.8 Å². The largest absolute Gasteiger partial charge is 0.494 e. The maximum atomic E-state index is 12.0. The van der Waals surface area contributed by atoms with Gasteiger partial charge in [0.25, 0.3) is 0 Å². The molecule has 2 rings (SSSR count). The Morgan fingerprint density at radius 2 is 2.27 bits per heavy atom. The first-order valence-electron chi connectivity index (χ1n) is 7.22. The minimum absolute atomic E-state index is 0.0708. The highest BCUT2D eigenvalue weighted by Crippen LogP contribution is 2.22. The van der Waals surface area contributed by atoms with Crippen molar-refractivity contribution in [1.82, 2.24) is 20.1 Å². The van der Waals surface area contributed by atoms with Crippen molar-refractivity contribution in [3.8, 4) is 5.75 Å². The quantitative estimate of drug-likeness (QED) is 0.857.